The molecule has 6 rings (SSSR count). The standard InChI is InChI=1S/C23H20N6/c1-14-5-4-6-15(11-14)21-19-17(16-7-2-3-8-18(16)28-19)9-10-29(21)23-20-22(25-12-24-20)26-13-27-23/h2-8,11-13,21,28H,9-10H2,1H3,(H,24,25,26,27). The summed E-state index contributed by atoms with van der Waals surface area (Å²) in [6.45, 7) is 3.01. The summed E-state index contributed by atoms with van der Waals surface area (Å²) in [5, 5.41) is 1.31. The minimum absolute atomic E-state index is 0.0425. The Hall–Kier alpha value is -3.67. The molecule has 5 aromatic rings. The minimum Gasteiger partial charge on any atom is -0.356 e. The molecule has 142 valence electrons. The summed E-state index contributed by atoms with van der Waals surface area (Å²) in [4.78, 5) is 22.7. The van der Waals surface area contributed by atoms with Gasteiger partial charge in [-0.3, -0.25) is 0 Å². The van der Waals surface area contributed by atoms with Crippen molar-refractivity contribution in [3.63, 3.8) is 0 Å². The van der Waals surface area contributed by atoms with Gasteiger partial charge in [0.2, 0.25) is 0 Å². The van der Waals surface area contributed by atoms with Gasteiger partial charge in [-0.1, -0.05) is 48.0 Å². The van der Waals surface area contributed by atoms with Crippen LogP contribution in [0.5, 0.6) is 0 Å². The van der Waals surface area contributed by atoms with Crippen molar-refractivity contribution in [2.75, 3.05) is 11.4 Å². The van der Waals surface area contributed by atoms with Crippen LogP contribution in [0.2, 0.25) is 0 Å². The molecule has 29 heavy (non-hydrogen) atoms. The molecule has 0 fully saturated rings. The molecule has 0 saturated carbocycles. The van der Waals surface area contributed by atoms with Crippen molar-refractivity contribution >= 4 is 27.9 Å². The maximum absolute atomic E-state index is 4.65. The second-order valence-corrected chi connectivity index (χ2v) is 7.62. The minimum atomic E-state index is 0.0425. The Morgan fingerprint density at radius 1 is 1.03 bits per heavy atom. The Bertz CT molecular complexity index is 1350. The lowest BCUT2D eigenvalue weighted by Gasteiger charge is -2.37. The van der Waals surface area contributed by atoms with Crippen LogP contribution in [0.1, 0.15) is 28.4 Å². The molecular weight excluding hydrogens is 360 g/mol. The number of hydrogen-bond acceptors (Lipinski definition) is 4. The highest BCUT2D eigenvalue weighted by molar-refractivity contribution is 5.87. The van der Waals surface area contributed by atoms with Crippen LogP contribution in [0, 0.1) is 6.92 Å². The molecule has 0 aliphatic carbocycles. The van der Waals surface area contributed by atoms with Crippen molar-refractivity contribution in [2.45, 2.75) is 19.4 Å². The fourth-order valence-corrected chi connectivity index (χ4v) is 4.62. The maximum Gasteiger partial charge on any atom is 0.162 e. The van der Waals surface area contributed by atoms with Gasteiger partial charge in [0.05, 0.1) is 12.4 Å². The number of anilines is 1. The Labute approximate surface area is 167 Å². The van der Waals surface area contributed by atoms with Gasteiger partial charge in [0.15, 0.2) is 11.5 Å². The smallest absolute Gasteiger partial charge is 0.162 e. The number of rotatable bonds is 2. The predicted molar refractivity (Wildman–Crippen MR) is 114 cm³/mol. The molecule has 0 saturated heterocycles. The summed E-state index contributed by atoms with van der Waals surface area (Å²) < 4.78 is 0. The van der Waals surface area contributed by atoms with Crippen LogP contribution in [-0.2, 0) is 6.42 Å². The molecule has 1 atom stereocenters. The number of aromatic amines is 2. The van der Waals surface area contributed by atoms with E-state index in [0.29, 0.717) is 0 Å². The summed E-state index contributed by atoms with van der Waals surface area (Å²) >= 11 is 0. The van der Waals surface area contributed by atoms with E-state index in [2.05, 4.69) is 85.3 Å². The third-order valence-corrected chi connectivity index (χ3v) is 5.86. The van der Waals surface area contributed by atoms with Gasteiger partial charge >= 0.3 is 0 Å². The molecule has 0 spiro atoms. The highest BCUT2D eigenvalue weighted by atomic mass is 15.2. The molecule has 6 heteroatoms. The van der Waals surface area contributed by atoms with Crippen LogP contribution in [0.3, 0.4) is 0 Å². The molecule has 2 aromatic carbocycles. The van der Waals surface area contributed by atoms with Gasteiger partial charge in [-0.25, -0.2) is 15.0 Å². The first-order valence-electron chi connectivity index (χ1n) is 9.86. The summed E-state index contributed by atoms with van der Waals surface area (Å²) in [5.41, 5.74) is 7.90. The summed E-state index contributed by atoms with van der Waals surface area (Å²) in [6.07, 6.45) is 4.25. The number of imidazole rings is 1. The zero-order valence-electron chi connectivity index (χ0n) is 16.1. The monoisotopic (exact) mass is 380 g/mol. The third-order valence-electron chi connectivity index (χ3n) is 5.86. The number of aromatic nitrogens is 5. The van der Waals surface area contributed by atoms with Crippen molar-refractivity contribution < 1.29 is 0 Å². The SMILES string of the molecule is Cc1cccc(C2c3[nH]c4ccccc4c3CCN2c2ncnc3[nH]cnc23)c1. The Balaban J connectivity index is 1.61. The highest BCUT2D eigenvalue weighted by Crippen LogP contribution is 2.41. The van der Waals surface area contributed by atoms with Gasteiger partial charge in [-0.2, -0.15) is 0 Å². The van der Waals surface area contributed by atoms with Gasteiger partial charge in [0.25, 0.3) is 0 Å². The summed E-state index contributed by atoms with van der Waals surface area (Å²) in [7, 11) is 0. The zero-order chi connectivity index (χ0) is 19.4. The van der Waals surface area contributed by atoms with E-state index in [1.807, 2.05) is 0 Å². The van der Waals surface area contributed by atoms with Crippen LogP contribution in [0.15, 0.2) is 61.2 Å². The fourth-order valence-electron chi connectivity index (χ4n) is 4.62. The van der Waals surface area contributed by atoms with Gasteiger partial charge in [-0.15, -0.1) is 0 Å². The summed E-state index contributed by atoms with van der Waals surface area (Å²) in [6, 6.07) is 17.3. The molecule has 1 unspecified atom stereocenters. The quantitative estimate of drug-likeness (QED) is 0.479. The number of benzene rings is 2. The highest BCUT2D eigenvalue weighted by Gasteiger charge is 2.33. The second kappa shape index (κ2) is 6.17. The Morgan fingerprint density at radius 2 is 1.97 bits per heavy atom. The van der Waals surface area contributed by atoms with E-state index in [0.717, 1.165) is 29.9 Å². The molecule has 0 bridgehead atoms. The molecule has 1 aliphatic rings. The first kappa shape index (κ1) is 16.3. The first-order chi connectivity index (χ1) is 14.3. The number of nitrogens with zero attached hydrogens (tertiary/aromatic N) is 4. The average molecular weight is 380 g/mol. The van der Waals surface area contributed by atoms with Crippen molar-refractivity contribution in [3.05, 3.63) is 83.6 Å². The van der Waals surface area contributed by atoms with Crippen molar-refractivity contribution in [3.8, 4) is 0 Å². The zero-order valence-corrected chi connectivity index (χ0v) is 16.1. The van der Waals surface area contributed by atoms with Crippen LogP contribution in [-0.4, -0.2) is 31.5 Å². The fraction of sp³-hybridized carbons (Fsp3) is 0.174. The number of fused-ring (bicyclic) bond motifs is 4. The Morgan fingerprint density at radius 3 is 2.90 bits per heavy atom. The van der Waals surface area contributed by atoms with Crippen LogP contribution >= 0.6 is 0 Å². The predicted octanol–water partition coefficient (Wildman–Crippen LogP) is 4.29. The van der Waals surface area contributed by atoms with E-state index in [9.17, 15) is 0 Å². The second-order valence-electron chi connectivity index (χ2n) is 7.62. The molecule has 3 aromatic heterocycles. The lowest BCUT2D eigenvalue weighted by atomic mass is 9.91. The Kier molecular flexibility index (Phi) is 3.47. The topological polar surface area (TPSA) is 73.5 Å². The third kappa shape index (κ3) is 2.45. The molecule has 6 nitrogen and oxygen atoms in total. The van der Waals surface area contributed by atoms with E-state index >= 15 is 0 Å². The van der Waals surface area contributed by atoms with Crippen LogP contribution in [0.25, 0.3) is 22.1 Å². The number of hydrogen-bond donors (Lipinski definition) is 2. The van der Waals surface area contributed by atoms with E-state index in [1.165, 1.54) is 33.3 Å². The maximum atomic E-state index is 4.65. The van der Waals surface area contributed by atoms with Crippen molar-refractivity contribution in [2.24, 2.45) is 0 Å². The van der Waals surface area contributed by atoms with E-state index in [4.69, 9.17) is 0 Å². The lowest BCUT2D eigenvalue weighted by Crippen LogP contribution is -2.37. The number of aryl methyl sites for hydroxylation is 1. The number of H-pyrrole nitrogens is 2. The molecule has 2 N–H and O–H groups in total. The molecule has 0 radical (unpaired) electrons. The normalized spacial score (nSPS) is 16.4. The van der Waals surface area contributed by atoms with E-state index in [-0.39, 0.29) is 6.04 Å². The molecule has 1 aliphatic heterocycles. The van der Waals surface area contributed by atoms with Crippen LogP contribution < -0.4 is 4.90 Å². The van der Waals surface area contributed by atoms with Crippen molar-refractivity contribution in [1.82, 2.24) is 24.9 Å². The number of para-hydroxylation sites is 1. The number of nitrogens with one attached hydrogen (secondary N) is 2. The van der Waals surface area contributed by atoms with Crippen molar-refractivity contribution in [1.29, 1.82) is 0 Å². The van der Waals surface area contributed by atoms with Gasteiger partial charge in [0, 0.05) is 23.1 Å². The summed E-state index contributed by atoms with van der Waals surface area (Å²) in [5.74, 6) is 0.868. The van der Waals surface area contributed by atoms with E-state index in [1.54, 1.807) is 12.7 Å². The largest absolute Gasteiger partial charge is 0.356 e. The van der Waals surface area contributed by atoms with Gasteiger partial charge in [0.1, 0.15) is 11.8 Å². The average Bonchev–Trinajstić information content (AvgIpc) is 3.37. The van der Waals surface area contributed by atoms with Gasteiger partial charge < -0.3 is 14.9 Å². The molecular formula is C23H20N6. The molecule has 0 amide bonds. The first-order valence-corrected chi connectivity index (χ1v) is 9.86. The van der Waals surface area contributed by atoms with Gasteiger partial charge in [-0.05, 0) is 30.5 Å². The van der Waals surface area contributed by atoms with Crippen LogP contribution in [0.4, 0.5) is 5.82 Å². The molecule has 4 heterocycles. The lowest BCUT2D eigenvalue weighted by molar-refractivity contribution is 0.637. The van der Waals surface area contributed by atoms with E-state index < -0.39 is 0 Å².